The van der Waals surface area contributed by atoms with Crippen molar-refractivity contribution in [1.82, 2.24) is 4.57 Å². The number of aromatic hydroxyl groups is 1. The molecule has 3 rings (SSSR count). The van der Waals surface area contributed by atoms with Crippen molar-refractivity contribution in [2.45, 2.75) is 17.6 Å². The Labute approximate surface area is 170 Å². The number of fused-ring (bicyclic) bond motifs is 1. The van der Waals surface area contributed by atoms with Crippen molar-refractivity contribution in [3.05, 3.63) is 51.6 Å². The molecule has 0 bridgehead atoms. The number of aryl methyl sites for hydroxylation is 2. The van der Waals surface area contributed by atoms with E-state index in [1.165, 1.54) is 0 Å². The van der Waals surface area contributed by atoms with Crippen molar-refractivity contribution in [3.8, 4) is 5.75 Å². The third-order valence-corrected chi connectivity index (χ3v) is 6.64. The number of phenolic OH excluding ortho intramolecular Hbond substituents is 1. The van der Waals surface area contributed by atoms with E-state index in [-0.39, 0.29) is 11.3 Å². The first-order valence-electron chi connectivity index (χ1n) is 8.36. The van der Waals surface area contributed by atoms with Gasteiger partial charge >= 0.3 is 5.97 Å². The average molecular weight is 449 g/mol. The quantitative estimate of drug-likeness (QED) is 0.536. The summed E-state index contributed by atoms with van der Waals surface area (Å²) >= 11 is 5.05. The second-order valence-electron chi connectivity index (χ2n) is 6.54. The van der Waals surface area contributed by atoms with E-state index in [0.717, 1.165) is 21.7 Å². The van der Waals surface area contributed by atoms with E-state index in [9.17, 15) is 15.0 Å². The molecule has 3 aromatic rings. The van der Waals surface area contributed by atoms with Gasteiger partial charge in [-0.25, -0.2) is 4.79 Å². The predicted octanol–water partition coefficient (Wildman–Crippen LogP) is 5.01. The van der Waals surface area contributed by atoms with Crippen LogP contribution < -0.4 is 4.90 Å². The largest absolute Gasteiger partial charge is 0.505 e. The zero-order valence-electron chi connectivity index (χ0n) is 15.6. The second-order valence-corrected chi connectivity index (χ2v) is 8.38. The van der Waals surface area contributed by atoms with Crippen LogP contribution in [-0.4, -0.2) is 34.8 Å². The molecule has 142 valence electrons. The van der Waals surface area contributed by atoms with Gasteiger partial charge in [0.25, 0.3) is 0 Å². The summed E-state index contributed by atoms with van der Waals surface area (Å²) in [7, 11) is 5.48. The SMILES string of the molecule is Cc1c(Br)c(O)c(N(C)C)c2c(C(=O)O)c(CSc3ccccc3)n(C)c12. The number of hydrogen-bond donors (Lipinski definition) is 2. The van der Waals surface area contributed by atoms with E-state index in [1.54, 1.807) is 30.8 Å². The normalized spacial score (nSPS) is 11.1. The number of carboxylic acids is 1. The van der Waals surface area contributed by atoms with E-state index in [1.807, 2.05) is 48.9 Å². The Kier molecular flexibility index (Phi) is 5.44. The number of carboxylic acid groups (broad SMARTS) is 1. The number of aromatic nitrogens is 1. The van der Waals surface area contributed by atoms with Gasteiger partial charge in [0.2, 0.25) is 0 Å². The fraction of sp³-hybridized carbons (Fsp3) is 0.250. The highest BCUT2D eigenvalue weighted by Crippen LogP contribution is 2.47. The molecule has 0 radical (unpaired) electrons. The number of benzene rings is 2. The number of rotatable bonds is 5. The van der Waals surface area contributed by atoms with Crippen LogP contribution in [0.1, 0.15) is 21.6 Å². The highest BCUT2D eigenvalue weighted by molar-refractivity contribution is 9.10. The van der Waals surface area contributed by atoms with Crippen molar-refractivity contribution in [3.63, 3.8) is 0 Å². The third kappa shape index (κ3) is 3.30. The molecule has 1 heterocycles. The molecular formula is C20H21BrN2O3S. The standard InChI is InChI=1S/C20H21BrN2O3S/c1-11-16(21)19(24)18(22(2)3)15-14(20(25)26)13(23(4)17(11)15)10-27-12-8-6-5-7-9-12/h5-9,24H,10H2,1-4H3,(H,25,26). The first-order valence-corrected chi connectivity index (χ1v) is 10.1. The number of phenols is 1. The Bertz CT molecular complexity index is 1030. The van der Waals surface area contributed by atoms with Crippen LogP contribution in [0.25, 0.3) is 10.9 Å². The number of nitrogens with zero attached hydrogens (tertiary/aromatic N) is 2. The Hall–Kier alpha value is -2.12. The van der Waals surface area contributed by atoms with Crippen LogP contribution in [0.15, 0.2) is 39.7 Å². The minimum atomic E-state index is -0.992. The zero-order chi connectivity index (χ0) is 19.9. The lowest BCUT2D eigenvalue weighted by molar-refractivity contribution is 0.0698. The molecule has 1 aromatic heterocycles. The average Bonchev–Trinajstić information content (AvgIpc) is 2.91. The van der Waals surface area contributed by atoms with E-state index < -0.39 is 5.97 Å². The molecule has 2 N–H and O–H groups in total. The maximum absolute atomic E-state index is 12.2. The van der Waals surface area contributed by atoms with Gasteiger partial charge in [0.15, 0.2) is 5.75 Å². The molecule has 0 aliphatic rings. The molecule has 0 aliphatic heterocycles. The molecule has 0 fully saturated rings. The van der Waals surface area contributed by atoms with E-state index in [4.69, 9.17) is 0 Å². The molecule has 0 saturated heterocycles. The number of hydrogen-bond acceptors (Lipinski definition) is 4. The maximum atomic E-state index is 12.2. The van der Waals surface area contributed by atoms with Gasteiger partial charge in [-0.2, -0.15) is 0 Å². The number of halogens is 1. The predicted molar refractivity (Wildman–Crippen MR) is 114 cm³/mol. The lowest BCUT2D eigenvalue weighted by atomic mass is 10.0. The first-order chi connectivity index (χ1) is 12.8. The summed E-state index contributed by atoms with van der Waals surface area (Å²) in [5.74, 6) is -0.421. The van der Waals surface area contributed by atoms with Crippen LogP contribution in [0.5, 0.6) is 5.75 Å². The van der Waals surface area contributed by atoms with Crippen molar-refractivity contribution >= 4 is 50.3 Å². The van der Waals surface area contributed by atoms with Gasteiger partial charge in [0, 0.05) is 42.9 Å². The van der Waals surface area contributed by atoms with Crippen molar-refractivity contribution < 1.29 is 15.0 Å². The third-order valence-electron chi connectivity index (χ3n) is 4.65. The monoisotopic (exact) mass is 448 g/mol. The maximum Gasteiger partial charge on any atom is 0.338 e. The molecule has 0 amide bonds. The van der Waals surface area contributed by atoms with Crippen LogP contribution in [0.2, 0.25) is 0 Å². The Morgan fingerprint density at radius 2 is 1.89 bits per heavy atom. The van der Waals surface area contributed by atoms with Crippen LogP contribution in [0.4, 0.5) is 5.69 Å². The lowest BCUT2D eigenvalue weighted by Gasteiger charge is -2.19. The molecular weight excluding hydrogens is 428 g/mol. The van der Waals surface area contributed by atoms with Crippen molar-refractivity contribution in [2.75, 3.05) is 19.0 Å². The fourth-order valence-electron chi connectivity index (χ4n) is 3.41. The highest BCUT2D eigenvalue weighted by Gasteiger charge is 2.28. The van der Waals surface area contributed by atoms with Gasteiger partial charge in [0.1, 0.15) is 0 Å². The summed E-state index contributed by atoms with van der Waals surface area (Å²) in [4.78, 5) is 15.0. The number of thioether (sulfide) groups is 1. The summed E-state index contributed by atoms with van der Waals surface area (Å²) in [5, 5.41) is 21.2. The first kappa shape index (κ1) is 19.6. The smallest absolute Gasteiger partial charge is 0.338 e. The highest BCUT2D eigenvalue weighted by atomic mass is 79.9. The lowest BCUT2D eigenvalue weighted by Crippen LogP contribution is -2.11. The molecule has 7 heteroatoms. The van der Waals surface area contributed by atoms with Crippen molar-refractivity contribution in [2.24, 2.45) is 7.05 Å². The fourth-order valence-corrected chi connectivity index (χ4v) is 4.78. The van der Waals surface area contributed by atoms with Gasteiger partial charge in [0.05, 0.1) is 21.2 Å². The van der Waals surface area contributed by atoms with E-state index in [2.05, 4.69) is 15.9 Å². The Morgan fingerprint density at radius 1 is 1.26 bits per heavy atom. The molecule has 0 aliphatic carbocycles. The van der Waals surface area contributed by atoms with Gasteiger partial charge in [-0.1, -0.05) is 18.2 Å². The van der Waals surface area contributed by atoms with Crippen LogP contribution >= 0.6 is 27.7 Å². The Morgan fingerprint density at radius 3 is 2.44 bits per heavy atom. The topological polar surface area (TPSA) is 65.7 Å². The Balaban J connectivity index is 2.30. The molecule has 5 nitrogen and oxygen atoms in total. The van der Waals surface area contributed by atoms with Gasteiger partial charge in [-0.15, -0.1) is 11.8 Å². The van der Waals surface area contributed by atoms with Crippen LogP contribution in [-0.2, 0) is 12.8 Å². The summed E-state index contributed by atoms with van der Waals surface area (Å²) in [5.41, 5.74) is 3.09. The number of anilines is 1. The molecule has 0 saturated carbocycles. The van der Waals surface area contributed by atoms with Crippen LogP contribution in [0, 0.1) is 6.92 Å². The molecule has 0 atom stereocenters. The minimum Gasteiger partial charge on any atom is -0.505 e. The minimum absolute atomic E-state index is 0.0559. The second kappa shape index (κ2) is 7.48. The van der Waals surface area contributed by atoms with Crippen molar-refractivity contribution in [1.29, 1.82) is 0 Å². The van der Waals surface area contributed by atoms with Crippen LogP contribution in [0.3, 0.4) is 0 Å². The summed E-state index contributed by atoms with van der Waals surface area (Å²) in [6.07, 6.45) is 0. The number of aromatic carboxylic acids is 1. The molecule has 27 heavy (non-hydrogen) atoms. The van der Waals surface area contributed by atoms with Gasteiger partial charge < -0.3 is 19.7 Å². The number of carbonyl (C=O) groups is 1. The zero-order valence-corrected chi connectivity index (χ0v) is 18.0. The molecule has 0 spiro atoms. The summed E-state index contributed by atoms with van der Waals surface area (Å²) in [6.45, 7) is 1.88. The van der Waals surface area contributed by atoms with E-state index >= 15 is 0 Å². The summed E-state index contributed by atoms with van der Waals surface area (Å²) in [6, 6.07) is 9.90. The van der Waals surface area contributed by atoms with Gasteiger partial charge in [-0.3, -0.25) is 0 Å². The molecule has 0 unspecified atom stereocenters. The van der Waals surface area contributed by atoms with Gasteiger partial charge in [-0.05, 0) is 40.5 Å². The molecule has 2 aromatic carbocycles. The van der Waals surface area contributed by atoms with E-state index in [0.29, 0.717) is 21.3 Å². The summed E-state index contributed by atoms with van der Waals surface area (Å²) < 4.78 is 2.51.